The lowest BCUT2D eigenvalue weighted by Crippen LogP contribution is -2.39. The van der Waals surface area contributed by atoms with Crippen LogP contribution in [-0.2, 0) is 0 Å². The van der Waals surface area contributed by atoms with Gasteiger partial charge < -0.3 is 10.6 Å². The Bertz CT molecular complexity index is 373. The van der Waals surface area contributed by atoms with Crippen molar-refractivity contribution in [2.45, 2.75) is 31.6 Å². The lowest BCUT2D eigenvalue weighted by molar-refractivity contribution is 0.293. The van der Waals surface area contributed by atoms with Gasteiger partial charge in [0, 0.05) is 13.1 Å². The quantitative estimate of drug-likeness (QED) is 0.827. The second-order valence-electron chi connectivity index (χ2n) is 5.10. The fourth-order valence-corrected chi connectivity index (χ4v) is 3.99. The van der Waals surface area contributed by atoms with Gasteiger partial charge in [-0.15, -0.1) is 11.8 Å². The van der Waals surface area contributed by atoms with Crippen molar-refractivity contribution in [3.05, 3.63) is 0 Å². The minimum Gasteiger partial charge on any atom is -0.382 e. The first-order valence-corrected chi connectivity index (χ1v) is 7.57. The van der Waals surface area contributed by atoms with Crippen molar-refractivity contribution < 1.29 is 0 Å². The van der Waals surface area contributed by atoms with Crippen molar-refractivity contribution in [2.75, 3.05) is 30.0 Å². The van der Waals surface area contributed by atoms with Crippen LogP contribution >= 0.6 is 23.3 Å². The largest absolute Gasteiger partial charge is 0.382 e. The first-order valence-electron chi connectivity index (χ1n) is 5.57. The lowest BCUT2D eigenvalue weighted by Gasteiger charge is -2.38. The van der Waals surface area contributed by atoms with Gasteiger partial charge in [-0.1, -0.05) is 13.8 Å². The summed E-state index contributed by atoms with van der Waals surface area (Å²) < 4.78 is 4.27. The molecule has 16 heavy (non-hydrogen) atoms. The van der Waals surface area contributed by atoms with E-state index in [1.165, 1.54) is 29.4 Å². The number of hydrogen-bond donors (Lipinski definition) is 1. The molecule has 5 heteroatoms. The van der Waals surface area contributed by atoms with E-state index < -0.39 is 0 Å². The molecule has 2 N–H and O–H groups in total. The molecule has 0 atom stereocenters. The topological polar surface area (TPSA) is 42.1 Å². The molecule has 1 aliphatic rings. The average molecular weight is 257 g/mol. The van der Waals surface area contributed by atoms with E-state index >= 15 is 0 Å². The first kappa shape index (κ1) is 12.0. The molecule has 2 rings (SSSR count). The van der Waals surface area contributed by atoms with Gasteiger partial charge in [0.15, 0.2) is 5.82 Å². The second-order valence-corrected chi connectivity index (χ2v) is 6.66. The van der Waals surface area contributed by atoms with Gasteiger partial charge in [-0.2, -0.15) is 4.37 Å². The molecule has 90 valence electrons. The highest BCUT2D eigenvalue weighted by Crippen LogP contribution is 2.41. The van der Waals surface area contributed by atoms with Crippen LogP contribution in [0.4, 0.5) is 10.8 Å². The van der Waals surface area contributed by atoms with Crippen molar-refractivity contribution in [2.24, 2.45) is 5.41 Å². The highest BCUT2D eigenvalue weighted by atomic mass is 32.2. The molecule has 0 spiro atoms. The standard InChI is InChI=1S/C11H19N3S2/c1-11(2)5-4-6-14(7-11)10-8(15-3)9(12)13-16-10/h4-7H2,1-3H3,(H2,12,13). The summed E-state index contributed by atoms with van der Waals surface area (Å²) in [6.45, 7) is 6.92. The minimum atomic E-state index is 0.409. The number of aromatic nitrogens is 1. The van der Waals surface area contributed by atoms with E-state index in [1.807, 2.05) is 0 Å². The Kier molecular flexibility index (Phi) is 3.35. The Labute approximate surface area is 106 Å². The molecular formula is C11H19N3S2. The summed E-state index contributed by atoms with van der Waals surface area (Å²) in [5, 5.41) is 1.26. The van der Waals surface area contributed by atoms with Crippen LogP contribution in [0.15, 0.2) is 4.90 Å². The number of hydrogen-bond acceptors (Lipinski definition) is 5. The smallest absolute Gasteiger partial charge is 0.153 e. The highest BCUT2D eigenvalue weighted by Gasteiger charge is 2.29. The fourth-order valence-electron chi connectivity index (χ4n) is 2.27. The summed E-state index contributed by atoms with van der Waals surface area (Å²) in [6.07, 6.45) is 4.64. The van der Waals surface area contributed by atoms with Gasteiger partial charge in [0.25, 0.3) is 0 Å². The Morgan fingerprint density at radius 3 is 2.88 bits per heavy atom. The van der Waals surface area contributed by atoms with Crippen molar-refractivity contribution >= 4 is 34.1 Å². The van der Waals surface area contributed by atoms with Gasteiger partial charge in [0.05, 0.1) is 4.90 Å². The van der Waals surface area contributed by atoms with Crippen molar-refractivity contribution in [1.29, 1.82) is 0 Å². The summed E-state index contributed by atoms with van der Waals surface area (Å²) in [6, 6.07) is 0. The zero-order valence-corrected chi connectivity index (χ0v) is 11.7. The van der Waals surface area contributed by atoms with Crippen LogP contribution in [0.2, 0.25) is 0 Å². The summed E-state index contributed by atoms with van der Waals surface area (Å²) in [5.74, 6) is 0.691. The van der Waals surface area contributed by atoms with E-state index in [0.717, 1.165) is 18.0 Å². The van der Waals surface area contributed by atoms with Crippen molar-refractivity contribution in [3.8, 4) is 0 Å². The van der Waals surface area contributed by atoms with E-state index in [-0.39, 0.29) is 0 Å². The SMILES string of the molecule is CSc1c(N)nsc1N1CCCC(C)(C)C1. The molecule has 1 fully saturated rings. The van der Waals surface area contributed by atoms with Gasteiger partial charge in [0.1, 0.15) is 5.00 Å². The van der Waals surface area contributed by atoms with E-state index in [2.05, 4.69) is 29.4 Å². The third kappa shape index (κ3) is 2.30. The van der Waals surface area contributed by atoms with Gasteiger partial charge in [0.2, 0.25) is 0 Å². The van der Waals surface area contributed by atoms with E-state index in [9.17, 15) is 0 Å². The minimum absolute atomic E-state index is 0.409. The van der Waals surface area contributed by atoms with Crippen LogP contribution < -0.4 is 10.6 Å². The average Bonchev–Trinajstić information content (AvgIpc) is 2.58. The number of nitrogens with zero attached hydrogens (tertiary/aromatic N) is 2. The van der Waals surface area contributed by atoms with Gasteiger partial charge >= 0.3 is 0 Å². The Balaban J connectivity index is 2.23. The van der Waals surface area contributed by atoms with Crippen LogP contribution in [0.3, 0.4) is 0 Å². The van der Waals surface area contributed by atoms with Crippen LogP contribution in [-0.4, -0.2) is 23.7 Å². The second kappa shape index (κ2) is 4.45. The zero-order chi connectivity index (χ0) is 11.8. The third-order valence-corrected chi connectivity index (χ3v) is 4.91. The molecule has 0 unspecified atom stereocenters. The normalized spacial score (nSPS) is 20.1. The number of nitrogen functional groups attached to an aromatic ring is 1. The third-order valence-electron chi connectivity index (χ3n) is 3.05. The van der Waals surface area contributed by atoms with E-state index in [1.54, 1.807) is 11.8 Å². The van der Waals surface area contributed by atoms with E-state index in [4.69, 9.17) is 5.73 Å². The molecule has 1 aliphatic heterocycles. The molecule has 1 aromatic rings. The van der Waals surface area contributed by atoms with Crippen LogP contribution in [0, 0.1) is 5.41 Å². The summed E-state index contributed by atoms with van der Waals surface area (Å²) in [4.78, 5) is 3.60. The monoisotopic (exact) mass is 257 g/mol. The zero-order valence-electron chi connectivity index (χ0n) is 10.1. The lowest BCUT2D eigenvalue weighted by atomic mass is 9.84. The van der Waals surface area contributed by atoms with Crippen LogP contribution in [0.1, 0.15) is 26.7 Å². The Morgan fingerprint density at radius 1 is 1.50 bits per heavy atom. The highest BCUT2D eigenvalue weighted by molar-refractivity contribution is 7.99. The number of nitrogens with two attached hydrogens (primary N) is 1. The van der Waals surface area contributed by atoms with Crippen molar-refractivity contribution in [1.82, 2.24) is 4.37 Å². The van der Waals surface area contributed by atoms with Gasteiger partial charge in [-0.3, -0.25) is 0 Å². The van der Waals surface area contributed by atoms with Crippen LogP contribution in [0.25, 0.3) is 0 Å². The number of anilines is 2. The summed E-state index contributed by atoms with van der Waals surface area (Å²) in [7, 11) is 0. The van der Waals surface area contributed by atoms with Gasteiger partial charge in [-0.05, 0) is 36.0 Å². The fraction of sp³-hybridized carbons (Fsp3) is 0.727. The summed E-state index contributed by atoms with van der Waals surface area (Å²) in [5.41, 5.74) is 6.29. The molecule has 0 saturated carbocycles. The molecule has 1 saturated heterocycles. The maximum atomic E-state index is 5.88. The number of rotatable bonds is 2. The Morgan fingerprint density at radius 2 is 2.25 bits per heavy atom. The maximum absolute atomic E-state index is 5.88. The molecule has 0 bridgehead atoms. The molecule has 2 heterocycles. The van der Waals surface area contributed by atoms with E-state index in [0.29, 0.717) is 11.2 Å². The summed E-state index contributed by atoms with van der Waals surface area (Å²) >= 11 is 3.24. The molecule has 0 aromatic carbocycles. The Hall–Kier alpha value is -0.420. The predicted molar refractivity (Wildman–Crippen MR) is 73.5 cm³/mol. The number of thioether (sulfide) groups is 1. The van der Waals surface area contributed by atoms with Crippen molar-refractivity contribution in [3.63, 3.8) is 0 Å². The molecule has 0 amide bonds. The molecule has 1 aromatic heterocycles. The van der Waals surface area contributed by atoms with Gasteiger partial charge in [-0.25, -0.2) is 0 Å². The molecule has 0 aliphatic carbocycles. The molecule has 0 radical (unpaired) electrons. The first-order chi connectivity index (χ1) is 7.53. The predicted octanol–water partition coefficient (Wildman–Crippen LogP) is 3.07. The molecule has 3 nitrogen and oxygen atoms in total. The van der Waals surface area contributed by atoms with Crippen LogP contribution in [0.5, 0.6) is 0 Å². The number of piperidine rings is 1. The maximum Gasteiger partial charge on any atom is 0.153 e. The molecular weight excluding hydrogens is 238 g/mol.